The van der Waals surface area contributed by atoms with Crippen molar-refractivity contribution >= 4 is 87.2 Å². The van der Waals surface area contributed by atoms with Gasteiger partial charge in [0, 0.05) is 76.7 Å². The molecule has 8 heteroatoms. The maximum absolute atomic E-state index is 11.8. The number of rotatable bonds is 8. The highest BCUT2D eigenvalue weighted by Crippen LogP contribution is 2.47. The van der Waals surface area contributed by atoms with Crippen LogP contribution in [0.1, 0.15) is 5.56 Å². The molecular weight excluding hydrogens is 1020 g/mol. The molecule has 0 saturated carbocycles. The molecule has 5 heterocycles. The van der Waals surface area contributed by atoms with Gasteiger partial charge in [0.05, 0.1) is 61.1 Å². The molecule has 0 N–H and O–H groups in total. The van der Waals surface area contributed by atoms with Gasteiger partial charge in [-0.05, 0) is 96.6 Å². The van der Waals surface area contributed by atoms with Crippen molar-refractivity contribution in [2.24, 2.45) is 0 Å². The van der Waals surface area contributed by atoms with Crippen molar-refractivity contribution < 1.29 is 0 Å². The normalized spacial score (nSPS) is 11.8. The van der Waals surface area contributed by atoms with Gasteiger partial charge in [-0.3, -0.25) is 0 Å². The Morgan fingerprint density at radius 2 is 0.631 bits per heavy atom. The minimum absolute atomic E-state index is 0.524. The number of hydrogen-bond acceptors (Lipinski definition) is 4. The largest absolute Gasteiger partial charge is 0.309 e. The van der Waals surface area contributed by atoms with Crippen LogP contribution in [0.25, 0.3) is 155 Å². The third-order valence-corrected chi connectivity index (χ3v) is 16.9. The quantitative estimate of drug-likeness (QED) is 0.152. The molecule has 0 aliphatic carbocycles. The second kappa shape index (κ2) is 18.7. The summed E-state index contributed by atoms with van der Waals surface area (Å²) in [5.41, 5.74) is 17.3. The van der Waals surface area contributed by atoms with E-state index in [-0.39, 0.29) is 0 Å². The summed E-state index contributed by atoms with van der Waals surface area (Å²) in [4.78, 5) is 15.8. The lowest BCUT2D eigenvalue weighted by Crippen LogP contribution is -2.04. The Bertz CT molecular complexity index is 5490. The maximum Gasteiger partial charge on any atom is 0.166 e. The Labute approximate surface area is 481 Å². The van der Waals surface area contributed by atoms with Crippen LogP contribution in [-0.4, -0.2) is 33.2 Å². The van der Waals surface area contributed by atoms with E-state index in [4.69, 9.17) is 15.0 Å². The molecule has 0 saturated heterocycles. The minimum Gasteiger partial charge on any atom is -0.309 e. The van der Waals surface area contributed by atoms with E-state index in [2.05, 4.69) is 243 Å². The molecule has 0 atom stereocenters. The third kappa shape index (κ3) is 7.03. The van der Waals surface area contributed by atoms with Crippen LogP contribution in [0.3, 0.4) is 0 Å². The van der Waals surface area contributed by atoms with Gasteiger partial charge in [-0.2, -0.15) is 5.26 Å². The highest BCUT2D eigenvalue weighted by Gasteiger charge is 2.26. The third-order valence-electron chi connectivity index (χ3n) is 16.9. The number of para-hydroxylation sites is 6. The van der Waals surface area contributed by atoms with E-state index in [9.17, 15) is 5.26 Å². The smallest absolute Gasteiger partial charge is 0.166 e. The molecule has 0 aliphatic rings. The summed E-state index contributed by atoms with van der Waals surface area (Å²) in [5.74, 6) is 1.66. The summed E-state index contributed by atoms with van der Waals surface area (Å²) < 4.78 is 9.42. The van der Waals surface area contributed by atoms with E-state index in [1.54, 1.807) is 0 Å². The highest BCUT2D eigenvalue weighted by molar-refractivity contribution is 6.30. The summed E-state index contributed by atoms with van der Waals surface area (Å²) in [6.45, 7) is 0. The molecule has 0 unspecified atom stereocenters. The summed E-state index contributed by atoms with van der Waals surface area (Å²) in [6, 6.07) is 101. The SMILES string of the molecule is N#Cc1c(-c2ccc(-c3nc(-c4ccccc4)nc(-c4ccccc4)n3)c(-n3c4ccccc4c4c5c6ccccc6n(-c6ccccc6)c5ccc43)c2)cccc1-n1c2ccccc2c2c3c4ccccc4n(-c4ccccc4)c3ccc21. The number of nitrogens with zero attached hydrogens (tertiary/aromatic N) is 8. The number of aromatic nitrogens is 7. The van der Waals surface area contributed by atoms with Gasteiger partial charge in [-0.1, -0.05) is 188 Å². The number of nitriles is 1. The molecule has 0 fully saturated rings. The molecule has 17 rings (SSSR count). The zero-order chi connectivity index (χ0) is 55.4. The van der Waals surface area contributed by atoms with Crippen molar-refractivity contribution in [3.8, 4) is 74.1 Å². The zero-order valence-electron chi connectivity index (χ0n) is 45.1. The van der Waals surface area contributed by atoms with Crippen LogP contribution in [0.2, 0.25) is 0 Å². The summed E-state index contributed by atoms with van der Waals surface area (Å²) in [5, 5.41) is 21.0. The van der Waals surface area contributed by atoms with Crippen LogP contribution in [0.15, 0.2) is 279 Å². The fraction of sp³-hybridized carbons (Fsp3) is 0. The van der Waals surface area contributed by atoms with Gasteiger partial charge in [-0.15, -0.1) is 0 Å². The van der Waals surface area contributed by atoms with Crippen molar-refractivity contribution in [3.05, 3.63) is 285 Å². The number of fused-ring (bicyclic) bond motifs is 14. The predicted molar refractivity (Wildman–Crippen MR) is 344 cm³/mol. The first-order valence-corrected chi connectivity index (χ1v) is 28.3. The fourth-order valence-electron chi connectivity index (χ4n) is 13.4. The van der Waals surface area contributed by atoms with Crippen LogP contribution in [-0.2, 0) is 0 Å². The van der Waals surface area contributed by atoms with Crippen molar-refractivity contribution in [2.75, 3.05) is 0 Å². The average Bonchev–Trinajstić information content (AvgIpc) is 1.67. The first-order valence-electron chi connectivity index (χ1n) is 28.3. The monoisotopic (exact) mass is 1070 g/mol. The van der Waals surface area contributed by atoms with E-state index in [0.717, 1.165) is 116 Å². The van der Waals surface area contributed by atoms with Crippen LogP contribution in [0, 0.1) is 11.3 Å². The van der Waals surface area contributed by atoms with E-state index in [0.29, 0.717) is 23.0 Å². The first-order chi connectivity index (χ1) is 41.7. The van der Waals surface area contributed by atoms with Crippen LogP contribution < -0.4 is 0 Å². The van der Waals surface area contributed by atoms with Crippen molar-refractivity contribution in [1.82, 2.24) is 33.2 Å². The topological polar surface area (TPSA) is 82.2 Å². The van der Waals surface area contributed by atoms with E-state index in [1.165, 1.54) is 21.5 Å². The van der Waals surface area contributed by atoms with Crippen molar-refractivity contribution in [2.45, 2.75) is 0 Å². The molecule has 0 amide bonds. The molecule has 5 aromatic heterocycles. The van der Waals surface area contributed by atoms with Gasteiger partial charge in [-0.25, -0.2) is 15.0 Å². The Morgan fingerprint density at radius 3 is 1.07 bits per heavy atom. The van der Waals surface area contributed by atoms with E-state index < -0.39 is 0 Å². The van der Waals surface area contributed by atoms with Crippen LogP contribution >= 0.6 is 0 Å². The molecule has 84 heavy (non-hydrogen) atoms. The number of benzene rings is 12. The van der Waals surface area contributed by atoms with Crippen LogP contribution in [0.4, 0.5) is 0 Å². The molecule has 0 aliphatic heterocycles. The Hall–Kier alpha value is -11.7. The second-order valence-corrected chi connectivity index (χ2v) is 21.4. The van der Waals surface area contributed by atoms with Crippen molar-refractivity contribution in [1.29, 1.82) is 5.26 Å². The van der Waals surface area contributed by atoms with Gasteiger partial charge in [0.25, 0.3) is 0 Å². The van der Waals surface area contributed by atoms with Crippen molar-refractivity contribution in [3.63, 3.8) is 0 Å². The molecule has 8 nitrogen and oxygen atoms in total. The Balaban J connectivity index is 0.944. The molecule has 12 aromatic carbocycles. The highest BCUT2D eigenvalue weighted by atomic mass is 15.1. The van der Waals surface area contributed by atoms with Gasteiger partial charge in [0.1, 0.15) is 6.07 Å². The fourth-order valence-corrected chi connectivity index (χ4v) is 13.4. The van der Waals surface area contributed by atoms with Gasteiger partial charge < -0.3 is 18.3 Å². The van der Waals surface area contributed by atoms with Crippen LogP contribution in [0.5, 0.6) is 0 Å². The lowest BCUT2D eigenvalue weighted by molar-refractivity contribution is 1.06. The summed E-state index contributed by atoms with van der Waals surface area (Å²) in [7, 11) is 0. The standard InChI is InChI=1S/C76H46N8/c77-47-59-53(34-21-39-64(59)83-62-37-19-15-32-56(62)72-67(83)44-42-65-70(72)54-30-13-17-35-60(54)81(65)51-26-9-3-10-27-51)50-40-41-58(76-79-74(48-22-5-1-6-23-48)78-75(80-76)49-24-7-2-8-25-49)69(46-50)84-63-38-20-16-33-57(63)73-68(84)45-43-66-71(73)55-31-14-18-36-61(55)82(66)52-28-11-4-12-29-52/h1-46H. The average molecular weight is 1070 g/mol. The molecule has 390 valence electrons. The first kappa shape index (κ1) is 47.2. The van der Waals surface area contributed by atoms with Gasteiger partial charge >= 0.3 is 0 Å². The predicted octanol–water partition coefficient (Wildman–Crippen LogP) is 18.8. The molecule has 0 spiro atoms. The lowest BCUT2D eigenvalue weighted by atomic mass is 9.96. The Kier molecular flexibility index (Phi) is 10.5. The van der Waals surface area contributed by atoms with E-state index in [1.807, 2.05) is 60.7 Å². The van der Waals surface area contributed by atoms with E-state index >= 15 is 0 Å². The minimum atomic E-state index is 0.524. The lowest BCUT2D eigenvalue weighted by Gasteiger charge is -2.18. The zero-order valence-corrected chi connectivity index (χ0v) is 45.1. The molecule has 0 bridgehead atoms. The molecule has 17 aromatic rings. The number of hydrogen-bond donors (Lipinski definition) is 0. The molecular formula is C76H46N8. The summed E-state index contributed by atoms with van der Waals surface area (Å²) in [6.07, 6.45) is 0. The summed E-state index contributed by atoms with van der Waals surface area (Å²) >= 11 is 0. The molecule has 0 radical (unpaired) electrons. The Morgan fingerprint density at radius 1 is 0.262 bits per heavy atom. The second-order valence-electron chi connectivity index (χ2n) is 21.4. The maximum atomic E-state index is 11.8. The van der Waals surface area contributed by atoms with Gasteiger partial charge in [0.2, 0.25) is 0 Å². The van der Waals surface area contributed by atoms with Gasteiger partial charge in [0.15, 0.2) is 17.5 Å².